The fourth-order valence-corrected chi connectivity index (χ4v) is 11.2. The number of phosphoric acid groups is 1. The summed E-state index contributed by atoms with van der Waals surface area (Å²) in [5, 5.41) is 24.9. The van der Waals surface area contributed by atoms with E-state index in [1.54, 1.807) is 0 Å². The van der Waals surface area contributed by atoms with Crippen molar-refractivity contribution in [3.63, 3.8) is 0 Å². The SMILES string of the molecule is CCCCCCCCCCCCCCCCCCCCCCCCCCCCCCCCCCCCCCCCC(=O)NC(COP(=O)(O)OCC[N+](C)(C)C)C(O)C(O)CCCCCCCCCCCCCC. The highest BCUT2D eigenvalue weighted by molar-refractivity contribution is 7.47. The summed E-state index contributed by atoms with van der Waals surface area (Å²) in [6, 6.07) is -1.03. The molecule has 0 heterocycles. The van der Waals surface area contributed by atoms with E-state index in [0.29, 0.717) is 23.9 Å². The first-order valence-electron chi connectivity index (χ1n) is 33.0. The van der Waals surface area contributed by atoms with E-state index < -0.39 is 32.7 Å². The Hall–Kier alpha value is -0.540. The van der Waals surface area contributed by atoms with Crippen LogP contribution in [-0.4, -0.2) is 84.6 Å². The van der Waals surface area contributed by atoms with E-state index in [0.717, 1.165) is 38.5 Å². The maximum Gasteiger partial charge on any atom is 0.472 e. The number of carbonyl (C=O) groups excluding carboxylic acids is 1. The van der Waals surface area contributed by atoms with Crippen molar-refractivity contribution in [1.82, 2.24) is 5.32 Å². The maximum atomic E-state index is 13.0. The first-order chi connectivity index (χ1) is 35.9. The number of likely N-dealkylation sites (N-methyl/N-ethyl adjacent to an activating group) is 1. The van der Waals surface area contributed by atoms with Crippen LogP contribution in [0.25, 0.3) is 0 Å². The summed E-state index contributed by atoms with van der Waals surface area (Å²) >= 11 is 0. The predicted octanol–water partition coefficient (Wildman–Crippen LogP) is 19.4. The van der Waals surface area contributed by atoms with Crippen LogP contribution in [0.2, 0.25) is 0 Å². The van der Waals surface area contributed by atoms with Crippen molar-refractivity contribution in [1.29, 1.82) is 0 Å². The van der Waals surface area contributed by atoms with Gasteiger partial charge < -0.3 is 24.9 Å². The number of quaternary nitrogens is 1. The van der Waals surface area contributed by atoms with Crippen LogP contribution in [0.15, 0.2) is 0 Å². The molecule has 4 atom stereocenters. The Bertz CT molecular complexity index is 1190. The lowest BCUT2D eigenvalue weighted by Crippen LogP contribution is -2.51. The van der Waals surface area contributed by atoms with Crippen LogP contribution in [-0.2, 0) is 18.4 Å². The highest BCUT2D eigenvalue weighted by atomic mass is 31.2. The van der Waals surface area contributed by atoms with Gasteiger partial charge in [0.05, 0.1) is 39.9 Å². The molecule has 0 rings (SSSR count). The van der Waals surface area contributed by atoms with Crippen LogP contribution in [0.3, 0.4) is 0 Å². The number of nitrogens with zero attached hydrogens (tertiary/aromatic N) is 1. The Morgan fingerprint density at radius 2 is 0.676 bits per heavy atom. The molecule has 0 radical (unpaired) electrons. The van der Waals surface area contributed by atoms with Gasteiger partial charge in [0.25, 0.3) is 0 Å². The molecule has 0 aromatic heterocycles. The molecule has 0 fully saturated rings. The first kappa shape index (κ1) is 73.5. The van der Waals surface area contributed by atoms with E-state index in [1.807, 2.05) is 21.1 Å². The van der Waals surface area contributed by atoms with Crippen molar-refractivity contribution in [3.8, 4) is 0 Å². The normalized spacial score (nSPS) is 14.1. The number of rotatable bonds is 62. The number of nitrogens with one attached hydrogen (secondary N) is 1. The van der Waals surface area contributed by atoms with E-state index in [9.17, 15) is 24.5 Å². The summed E-state index contributed by atoms with van der Waals surface area (Å²) in [6.07, 6.45) is 65.3. The van der Waals surface area contributed by atoms with Gasteiger partial charge in [-0.3, -0.25) is 13.8 Å². The summed E-state index contributed by atoms with van der Waals surface area (Å²) in [5.74, 6) is -0.250. The molecule has 10 heteroatoms. The summed E-state index contributed by atoms with van der Waals surface area (Å²) < 4.78 is 23.7. The lowest BCUT2D eigenvalue weighted by Gasteiger charge is -2.28. The van der Waals surface area contributed by atoms with Crippen molar-refractivity contribution in [2.24, 2.45) is 0 Å². The monoisotopic (exact) mass is 1070 g/mol. The summed E-state index contributed by atoms with van der Waals surface area (Å²) in [6.45, 7) is 4.66. The Labute approximate surface area is 462 Å². The summed E-state index contributed by atoms with van der Waals surface area (Å²) in [4.78, 5) is 23.4. The largest absolute Gasteiger partial charge is 0.472 e. The smallest absolute Gasteiger partial charge is 0.390 e. The highest BCUT2D eigenvalue weighted by Gasteiger charge is 2.32. The van der Waals surface area contributed by atoms with Crippen LogP contribution >= 0.6 is 7.82 Å². The quantitative estimate of drug-likeness (QED) is 0.0272. The Balaban J connectivity index is 3.88. The molecule has 0 saturated carbocycles. The van der Waals surface area contributed by atoms with Gasteiger partial charge in [-0.25, -0.2) is 4.57 Å². The van der Waals surface area contributed by atoms with Gasteiger partial charge in [-0.2, -0.15) is 0 Å². The third kappa shape index (κ3) is 56.2. The van der Waals surface area contributed by atoms with E-state index in [4.69, 9.17) is 9.05 Å². The molecule has 0 spiro atoms. The van der Waals surface area contributed by atoms with Gasteiger partial charge >= 0.3 is 7.82 Å². The molecule has 0 aliphatic rings. The van der Waals surface area contributed by atoms with Gasteiger partial charge in [-0.05, 0) is 12.8 Å². The van der Waals surface area contributed by atoms with Gasteiger partial charge in [-0.15, -0.1) is 0 Å². The van der Waals surface area contributed by atoms with Gasteiger partial charge in [0.2, 0.25) is 5.91 Å². The second kappa shape index (κ2) is 55.8. The summed E-state index contributed by atoms with van der Waals surface area (Å²) in [5.41, 5.74) is 0. The number of hydrogen-bond donors (Lipinski definition) is 4. The molecule has 0 saturated heterocycles. The third-order valence-corrected chi connectivity index (χ3v) is 16.7. The molecule has 0 aliphatic heterocycles. The maximum absolute atomic E-state index is 13.0. The highest BCUT2D eigenvalue weighted by Crippen LogP contribution is 2.43. The fourth-order valence-electron chi connectivity index (χ4n) is 10.5. The van der Waals surface area contributed by atoms with Gasteiger partial charge in [0, 0.05) is 6.42 Å². The Morgan fingerprint density at radius 3 is 0.946 bits per heavy atom. The van der Waals surface area contributed by atoms with Gasteiger partial charge in [0.1, 0.15) is 19.3 Å². The average Bonchev–Trinajstić information content (AvgIpc) is 3.36. The number of aliphatic hydroxyl groups is 2. The van der Waals surface area contributed by atoms with Crippen LogP contribution in [0.1, 0.15) is 348 Å². The number of phosphoric ester groups is 1. The minimum absolute atomic E-state index is 0.0260. The Kier molecular flexibility index (Phi) is 55.4. The number of aliphatic hydroxyl groups excluding tert-OH is 2. The molecule has 74 heavy (non-hydrogen) atoms. The minimum atomic E-state index is -4.42. The number of unbranched alkanes of at least 4 members (excludes halogenated alkanes) is 48. The first-order valence-corrected chi connectivity index (χ1v) is 34.5. The lowest BCUT2D eigenvalue weighted by molar-refractivity contribution is -0.870. The number of carbonyl (C=O) groups is 1. The van der Waals surface area contributed by atoms with Crippen molar-refractivity contribution < 1.29 is 38.0 Å². The molecule has 444 valence electrons. The van der Waals surface area contributed by atoms with Gasteiger partial charge in [-0.1, -0.05) is 328 Å². The van der Waals surface area contributed by atoms with E-state index in [1.165, 1.54) is 283 Å². The van der Waals surface area contributed by atoms with E-state index >= 15 is 0 Å². The van der Waals surface area contributed by atoms with Crippen LogP contribution in [0, 0.1) is 0 Å². The molecule has 1 amide bonds. The molecular formula is C64H132N2O7P+. The van der Waals surface area contributed by atoms with Crippen molar-refractivity contribution in [2.75, 3.05) is 40.9 Å². The molecule has 4 N–H and O–H groups in total. The second-order valence-corrected chi connectivity index (χ2v) is 25.8. The zero-order chi connectivity index (χ0) is 54.3. The van der Waals surface area contributed by atoms with Crippen LogP contribution in [0.5, 0.6) is 0 Å². The zero-order valence-corrected chi connectivity index (χ0v) is 51.4. The molecule has 9 nitrogen and oxygen atoms in total. The molecule has 0 aromatic rings. The number of hydrogen-bond acceptors (Lipinski definition) is 6. The lowest BCUT2D eigenvalue weighted by atomic mass is 9.99. The van der Waals surface area contributed by atoms with Crippen molar-refractivity contribution in [2.45, 2.75) is 366 Å². The second-order valence-electron chi connectivity index (χ2n) is 24.4. The molecule has 0 aromatic carbocycles. The van der Waals surface area contributed by atoms with Gasteiger partial charge in [0.15, 0.2) is 0 Å². The topological polar surface area (TPSA) is 125 Å². The van der Waals surface area contributed by atoms with E-state index in [-0.39, 0.29) is 12.5 Å². The standard InChI is InChI=1S/C64H131N2O7P/c1-6-8-10-12-14-16-18-20-21-22-23-24-25-26-27-28-29-30-31-32-33-34-35-36-37-38-39-40-41-42-43-44-45-47-49-51-53-55-57-63(68)65-61(60-73-74(70,71)72-59-58-66(3,4)5)64(69)62(67)56-54-52-50-48-46-19-17-15-13-11-9-7-2/h61-62,64,67,69H,6-60H2,1-5H3,(H-,65,68,70,71)/p+1. The van der Waals surface area contributed by atoms with Crippen LogP contribution in [0.4, 0.5) is 0 Å². The van der Waals surface area contributed by atoms with Crippen molar-refractivity contribution >= 4 is 13.7 Å². The van der Waals surface area contributed by atoms with Crippen LogP contribution < -0.4 is 5.32 Å². The molecule has 0 aliphatic carbocycles. The van der Waals surface area contributed by atoms with Crippen molar-refractivity contribution in [3.05, 3.63) is 0 Å². The predicted molar refractivity (Wildman–Crippen MR) is 320 cm³/mol. The number of amides is 1. The minimum Gasteiger partial charge on any atom is -0.390 e. The zero-order valence-electron chi connectivity index (χ0n) is 50.5. The molecular weight excluding hydrogens is 940 g/mol. The average molecular weight is 1070 g/mol. The molecule has 4 unspecified atom stereocenters. The summed E-state index contributed by atoms with van der Waals surface area (Å²) in [7, 11) is 1.46. The fraction of sp³-hybridized carbons (Fsp3) is 0.984. The Morgan fingerprint density at radius 1 is 0.419 bits per heavy atom. The third-order valence-electron chi connectivity index (χ3n) is 15.7. The molecule has 0 bridgehead atoms. The van der Waals surface area contributed by atoms with E-state index in [2.05, 4.69) is 19.2 Å².